The number of nitrogens with one attached hydrogen (secondary N) is 1. The third kappa shape index (κ3) is 4.78. The second-order valence-electron chi connectivity index (χ2n) is 5.71. The van der Waals surface area contributed by atoms with Crippen molar-refractivity contribution in [2.75, 3.05) is 5.32 Å². The van der Waals surface area contributed by atoms with Gasteiger partial charge in [-0.25, -0.2) is 8.42 Å². The van der Waals surface area contributed by atoms with Crippen molar-refractivity contribution in [1.29, 1.82) is 0 Å². The lowest BCUT2D eigenvalue weighted by molar-refractivity contribution is -0.111. The summed E-state index contributed by atoms with van der Waals surface area (Å²) in [6, 6.07) is 13.6. The van der Waals surface area contributed by atoms with Gasteiger partial charge in [-0.2, -0.15) is 0 Å². The summed E-state index contributed by atoms with van der Waals surface area (Å²) in [6.07, 6.45) is 6.27. The number of anilines is 1. The monoisotopic (exact) mass is 432 g/mol. The molecule has 0 spiro atoms. The van der Waals surface area contributed by atoms with E-state index >= 15 is 0 Å². The summed E-state index contributed by atoms with van der Waals surface area (Å²) >= 11 is 11.9. The highest BCUT2D eigenvalue weighted by Crippen LogP contribution is 2.30. The fraction of sp³-hybridized carbons (Fsp3) is 0. The number of rotatable bonds is 5. The van der Waals surface area contributed by atoms with Crippen LogP contribution in [0, 0.1) is 0 Å². The van der Waals surface area contributed by atoms with Gasteiger partial charge in [-0.3, -0.25) is 9.78 Å². The van der Waals surface area contributed by atoms with Gasteiger partial charge in [0.25, 0.3) is 0 Å². The van der Waals surface area contributed by atoms with E-state index in [1.165, 1.54) is 48.5 Å². The molecule has 0 fully saturated rings. The van der Waals surface area contributed by atoms with Crippen LogP contribution in [0.3, 0.4) is 0 Å². The van der Waals surface area contributed by atoms with Crippen molar-refractivity contribution < 1.29 is 13.2 Å². The lowest BCUT2D eigenvalue weighted by atomic mass is 10.2. The van der Waals surface area contributed by atoms with Crippen LogP contribution in [0.25, 0.3) is 6.08 Å². The van der Waals surface area contributed by atoms with E-state index in [1.807, 2.05) is 6.07 Å². The molecule has 0 aliphatic carbocycles. The molecule has 0 atom stereocenters. The number of halogens is 2. The second kappa shape index (κ2) is 8.56. The number of amides is 1. The first-order valence-corrected chi connectivity index (χ1v) is 10.3. The summed E-state index contributed by atoms with van der Waals surface area (Å²) in [7, 11) is -3.83. The number of carbonyl (C=O) groups excluding carboxylic acids is 1. The van der Waals surface area contributed by atoms with Crippen molar-refractivity contribution in [3.8, 4) is 0 Å². The number of pyridine rings is 1. The second-order valence-corrected chi connectivity index (χ2v) is 8.47. The summed E-state index contributed by atoms with van der Waals surface area (Å²) < 4.78 is 25.5. The zero-order chi connectivity index (χ0) is 20.1. The summed E-state index contributed by atoms with van der Waals surface area (Å²) in [4.78, 5) is 15.9. The first-order chi connectivity index (χ1) is 13.4. The summed E-state index contributed by atoms with van der Waals surface area (Å²) in [6.45, 7) is 0. The van der Waals surface area contributed by atoms with Crippen LogP contribution >= 0.6 is 23.2 Å². The Labute approximate surface area is 172 Å². The van der Waals surface area contributed by atoms with Gasteiger partial charge in [0.2, 0.25) is 15.7 Å². The third-order valence-corrected chi connectivity index (χ3v) is 6.21. The maximum absolute atomic E-state index is 12.8. The molecule has 3 rings (SSSR count). The van der Waals surface area contributed by atoms with Gasteiger partial charge in [0.15, 0.2) is 0 Å². The Morgan fingerprint density at radius 2 is 1.79 bits per heavy atom. The fourth-order valence-electron chi connectivity index (χ4n) is 2.36. The quantitative estimate of drug-likeness (QED) is 0.583. The number of hydrogen-bond acceptors (Lipinski definition) is 4. The molecule has 2 aromatic carbocycles. The molecule has 142 valence electrons. The Morgan fingerprint density at radius 3 is 2.46 bits per heavy atom. The van der Waals surface area contributed by atoms with Crippen LogP contribution in [0.4, 0.5) is 5.69 Å². The van der Waals surface area contributed by atoms with Crippen LogP contribution in [-0.2, 0) is 14.6 Å². The number of benzene rings is 2. The molecular formula is C20H14Cl2N2O3S. The number of aromatic nitrogens is 1. The largest absolute Gasteiger partial charge is 0.323 e. The van der Waals surface area contributed by atoms with Crippen LogP contribution < -0.4 is 5.32 Å². The molecule has 0 radical (unpaired) electrons. The van der Waals surface area contributed by atoms with Crippen molar-refractivity contribution in [3.05, 3.63) is 88.7 Å². The van der Waals surface area contributed by atoms with Crippen LogP contribution in [0.5, 0.6) is 0 Å². The highest BCUT2D eigenvalue weighted by atomic mass is 35.5. The Hall–Kier alpha value is -2.67. The van der Waals surface area contributed by atoms with E-state index in [0.29, 0.717) is 5.69 Å². The zero-order valence-corrected chi connectivity index (χ0v) is 16.7. The molecule has 0 saturated heterocycles. The van der Waals surface area contributed by atoms with Gasteiger partial charge in [-0.1, -0.05) is 29.3 Å². The van der Waals surface area contributed by atoms with Gasteiger partial charge in [0.1, 0.15) is 0 Å². The van der Waals surface area contributed by atoms with Crippen LogP contribution in [0.15, 0.2) is 82.9 Å². The van der Waals surface area contributed by atoms with E-state index in [9.17, 15) is 13.2 Å². The van der Waals surface area contributed by atoms with Gasteiger partial charge in [-0.05, 0) is 60.2 Å². The highest BCUT2D eigenvalue weighted by molar-refractivity contribution is 7.91. The predicted molar refractivity (Wildman–Crippen MR) is 110 cm³/mol. The van der Waals surface area contributed by atoms with Gasteiger partial charge < -0.3 is 5.32 Å². The molecule has 0 aliphatic rings. The zero-order valence-electron chi connectivity index (χ0n) is 14.3. The highest BCUT2D eigenvalue weighted by Gasteiger charge is 2.21. The van der Waals surface area contributed by atoms with E-state index in [-0.39, 0.29) is 25.7 Å². The molecule has 3 aromatic rings. The molecule has 0 aliphatic heterocycles. The van der Waals surface area contributed by atoms with Crippen molar-refractivity contribution in [3.63, 3.8) is 0 Å². The van der Waals surface area contributed by atoms with Gasteiger partial charge in [-0.15, -0.1) is 0 Å². The van der Waals surface area contributed by atoms with Crippen LogP contribution in [0.2, 0.25) is 10.0 Å². The van der Waals surface area contributed by atoms with E-state index < -0.39 is 9.84 Å². The molecule has 8 heteroatoms. The molecule has 0 bridgehead atoms. The molecule has 1 amide bonds. The number of sulfone groups is 1. The number of nitrogens with zero attached hydrogens (tertiary/aromatic N) is 1. The molecular weight excluding hydrogens is 419 g/mol. The minimum Gasteiger partial charge on any atom is -0.323 e. The SMILES string of the molecule is O=C(C=Cc1cccnc1)Nc1ccc(S(=O)(=O)c2cc(Cl)ccc2Cl)cc1. The third-order valence-electron chi connectivity index (χ3n) is 3.73. The predicted octanol–water partition coefficient (Wildman–Crippen LogP) is 4.87. The fourth-order valence-corrected chi connectivity index (χ4v) is 4.37. The maximum Gasteiger partial charge on any atom is 0.248 e. The lowest BCUT2D eigenvalue weighted by Gasteiger charge is -2.08. The minimum absolute atomic E-state index is 0.0422. The van der Waals surface area contributed by atoms with E-state index in [0.717, 1.165) is 5.56 Å². The minimum atomic E-state index is -3.83. The number of hydrogen-bond donors (Lipinski definition) is 1. The van der Waals surface area contributed by atoms with Crippen molar-refractivity contribution >= 4 is 50.7 Å². The molecule has 0 saturated carbocycles. The van der Waals surface area contributed by atoms with Gasteiger partial charge >= 0.3 is 0 Å². The van der Waals surface area contributed by atoms with Crippen LogP contribution in [-0.4, -0.2) is 19.3 Å². The average Bonchev–Trinajstić information content (AvgIpc) is 2.69. The normalized spacial score (nSPS) is 11.5. The van der Waals surface area contributed by atoms with Gasteiger partial charge in [0.05, 0.1) is 14.8 Å². The standard InChI is InChI=1S/C20H14Cl2N2O3S/c21-15-4-9-18(22)19(12-15)28(26,27)17-7-5-16(6-8-17)24-20(25)10-3-14-2-1-11-23-13-14/h1-13H,(H,24,25). The summed E-state index contributed by atoms with van der Waals surface area (Å²) in [5.74, 6) is -0.350. The van der Waals surface area contributed by atoms with Crippen molar-refractivity contribution in [1.82, 2.24) is 4.98 Å². The van der Waals surface area contributed by atoms with Crippen molar-refractivity contribution in [2.24, 2.45) is 0 Å². The molecule has 1 heterocycles. The van der Waals surface area contributed by atoms with Crippen molar-refractivity contribution in [2.45, 2.75) is 9.79 Å². The Bertz CT molecular complexity index is 1130. The first kappa shape index (κ1) is 20.1. The maximum atomic E-state index is 12.8. The molecule has 0 unspecified atom stereocenters. The summed E-state index contributed by atoms with van der Waals surface area (Å²) in [5.41, 5.74) is 1.24. The first-order valence-electron chi connectivity index (χ1n) is 8.05. The average molecular weight is 433 g/mol. The van der Waals surface area contributed by atoms with E-state index in [4.69, 9.17) is 23.2 Å². The molecule has 5 nitrogen and oxygen atoms in total. The van der Waals surface area contributed by atoms with Gasteiger partial charge in [0, 0.05) is 29.2 Å². The Balaban J connectivity index is 1.75. The van der Waals surface area contributed by atoms with E-state index in [1.54, 1.807) is 24.5 Å². The topological polar surface area (TPSA) is 76.1 Å². The Morgan fingerprint density at radius 1 is 1.04 bits per heavy atom. The Kier molecular flexibility index (Phi) is 6.14. The number of carbonyl (C=O) groups is 1. The lowest BCUT2D eigenvalue weighted by Crippen LogP contribution is -2.08. The smallest absolute Gasteiger partial charge is 0.248 e. The molecule has 1 aromatic heterocycles. The van der Waals surface area contributed by atoms with E-state index in [2.05, 4.69) is 10.3 Å². The molecule has 1 N–H and O–H groups in total. The molecule has 28 heavy (non-hydrogen) atoms. The van der Waals surface area contributed by atoms with Crippen LogP contribution in [0.1, 0.15) is 5.56 Å². The summed E-state index contributed by atoms with van der Waals surface area (Å²) in [5, 5.41) is 3.02.